The Bertz CT molecular complexity index is 408. The number of carboxylic acids is 1. The fourth-order valence-corrected chi connectivity index (χ4v) is 4.33. The van der Waals surface area contributed by atoms with Gasteiger partial charge in [-0.05, 0) is 25.7 Å². The minimum absolute atomic E-state index is 0.116. The molecule has 2 aliphatic rings. The van der Waals surface area contributed by atoms with Crippen LogP contribution in [0.3, 0.4) is 0 Å². The van der Waals surface area contributed by atoms with Gasteiger partial charge in [0.15, 0.2) is 15.9 Å². The molecule has 18 heavy (non-hydrogen) atoms. The quantitative estimate of drug-likeness (QED) is 0.722. The van der Waals surface area contributed by atoms with Crippen LogP contribution in [0.5, 0.6) is 0 Å². The molecule has 2 aliphatic heterocycles. The molecule has 0 saturated carbocycles. The van der Waals surface area contributed by atoms with Crippen molar-refractivity contribution in [3.8, 4) is 0 Å². The molecule has 0 aromatic rings. The van der Waals surface area contributed by atoms with Gasteiger partial charge in [0.25, 0.3) is 0 Å². The molecule has 7 heteroatoms. The molecule has 2 fully saturated rings. The molecular formula is C11H19NO5S. The third-order valence-electron chi connectivity index (χ3n) is 3.59. The van der Waals surface area contributed by atoms with Crippen molar-refractivity contribution in [1.82, 2.24) is 5.32 Å². The summed E-state index contributed by atoms with van der Waals surface area (Å²) in [6.45, 7) is 0.968. The van der Waals surface area contributed by atoms with Crippen molar-refractivity contribution in [2.45, 2.75) is 43.1 Å². The van der Waals surface area contributed by atoms with E-state index in [-0.39, 0.29) is 11.4 Å². The number of hydrogen-bond acceptors (Lipinski definition) is 5. The first-order valence-electron chi connectivity index (χ1n) is 6.29. The van der Waals surface area contributed by atoms with E-state index in [1.807, 2.05) is 0 Å². The number of ether oxygens (including phenoxy) is 1. The van der Waals surface area contributed by atoms with Crippen LogP contribution in [0.25, 0.3) is 0 Å². The zero-order chi connectivity index (χ0) is 13.2. The topological polar surface area (TPSA) is 92.7 Å². The fraction of sp³-hybridized carbons (Fsp3) is 0.909. The number of aliphatic carboxylic acids is 1. The number of hydrogen-bond donors (Lipinski definition) is 2. The number of sulfone groups is 1. The molecule has 0 aliphatic carbocycles. The van der Waals surface area contributed by atoms with Crippen molar-refractivity contribution in [1.29, 1.82) is 0 Å². The number of rotatable bonds is 5. The maximum absolute atomic E-state index is 11.6. The number of nitrogens with one attached hydrogen (secondary N) is 1. The van der Waals surface area contributed by atoms with E-state index >= 15 is 0 Å². The molecule has 0 amide bonds. The summed E-state index contributed by atoms with van der Waals surface area (Å²) in [4.78, 5) is 10.7. The molecule has 0 spiro atoms. The molecule has 0 aromatic carbocycles. The molecule has 0 radical (unpaired) electrons. The lowest BCUT2D eigenvalue weighted by Gasteiger charge is -2.14. The van der Waals surface area contributed by atoms with Gasteiger partial charge in [0.05, 0.1) is 17.1 Å². The Morgan fingerprint density at radius 3 is 2.61 bits per heavy atom. The third kappa shape index (κ3) is 3.21. The van der Waals surface area contributed by atoms with Gasteiger partial charge in [-0.25, -0.2) is 13.2 Å². The van der Waals surface area contributed by atoms with Gasteiger partial charge in [-0.2, -0.15) is 0 Å². The second-order valence-corrected chi connectivity index (χ2v) is 7.35. The highest BCUT2D eigenvalue weighted by Gasteiger charge is 2.32. The van der Waals surface area contributed by atoms with E-state index in [4.69, 9.17) is 9.84 Å². The Morgan fingerprint density at radius 2 is 2.06 bits per heavy atom. The number of carboxylic acid groups (broad SMARTS) is 1. The fourth-order valence-electron chi connectivity index (χ4n) is 2.53. The Balaban J connectivity index is 1.69. The zero-order valence-electron chi connectivity index (χ0n) is 10.2. The zero-order valence-corrected chi connectivity index (χ0v) is 11.0. The first-order chi connectivity index (χ1) is 8.49. The second-order valence-electron chi connectivity index (χ2n) is 4.95. The van der Waals surface area contributed by atoms with Crippen LogP contribution in [0.4, 0.5) is 0 Å². The molecule has 104 valence electrons. The Morgan fingerprint density at radius 1 is 1.28 bits per heavy atom. The maximum atomic E-state index is 11.6. The lowest BCUT2D eigenvalue weighted by Crippen LogP contribution is -2.35. The highest BCUT2D eigenvalue weighted by atomic mass is 32.2. The van der Waals surface area contributed by atoms with Crippen LogP contribution in [-0.4, -0.2) is 55.8 Å². The molecule has 3 unspecified atom stereocenters. The summed E-state index contributed by atoms with van der Waals surface area (Å²) < 4.78 is 28.5. The monoisotopic (exact) mass is 277 g/mol. The summed E-state index contributed by atoms with van der Waals surface area (Å²) in [5, 5.41) is 11.6. The predicted octanol–water partition coefficient (Wildman–Crippen LogP) is -0.215. The lowest BCUT2D eigenvalue weighted by molar-refractivity contribution is -0.149. The van der Waals surface area contributed by atoms with E-state index < -0.39 is 21.9 Å². The molecule has 0 aromatic heterocycles. The van der Waals surface area contributed by atoms with Gasteiger partial charge < -0.3 is 15.2 Å². The molecule has 2 saturated heterocycles. The van der Waals surface area contributed by atoms with Crippen LogP contribution in [0.2, 0.25) is 0 Å². The first-order valence-corrected chi connectivity index (χ1v) is 8.01. The van der Waals surface area contributed by atoms with Gasteiger partial charge in [-0.1, -0.05) is 0 Å². The highest BCUT2D eigenvalue weighted by Crippen LogP contribution is 2.21. The summed E-state index contributed by atoms with van der Waals surface area (Å²) in [5.74, 6) is -0.628. The van der Waals surface area contributed by atoms with Gasteiger partial charge in [0.2, 0.25) is 0 Å². The van der Waals surface area contributed by atoms with Gasteiger partial charge in [-0.3, -0.25) is 0 Å². The minimum Gasteiger partial charge on any atom is -0.479 e. The molecule has 2 rings (SSSR count). The summed E-state index contributed by atoms with van der Waals surface area (Å²) >= 11 is 0. The average Bonchev–Trinajstić information content (AvgIpc) is 2.86. The first kappa shape index (κ1) is 13.8. The average molecular weight is 277 g/mol. The van der Waals surface area contributed by atoms with Crippen LogP contribution >= 0.6 is 0 Å². The standard InChI is InChI=1S/C11H19NO5S/c13-11(14)10-4-3-8(17-10)6-12-7-9-2-1-5-18(9,15)16/h8-10,12H,1-7H2,(H,13,14). The van der Waals surface area contributed by atoms with Gasteiger partial charge >= 0.3 is 5.97 Å². The van der Waals surface area contributed by atoms with E-state index in [0.29, 0.717) is 31.7 Å². The van der Waals surface area contributed by atoms with Crippen molar-refractivity contribution in [2.75, 3.05) is 18.8 Å². The molecule has 2 heterocycles. The predicted molar refractivity (Wildman–Crippen MR) is 65.2 cm³/mol. The molecule has 6 nitrogen and oxygen atoms in total. The Hall–Kier alpha value is -0.660. The molecule has 3 atom stereocenters. The van der Waals surface area contributed by atoms with E-state index in [2.05, 4.69) is 5.32 Å². The summed E-state index contributed by atoms with van der Waals surface area (Å²) in [7, 11) is -2.90. The Kier molecular flexibility index (Phi) is 4.24. The largest absolute Gasteiger partial charge is 0.479 e. The van der Waals surface area contributed by atoms with E-state index in [9.17, 15) is 13.2 Å². The number of carbonyl (C=O) groups is 1. The van der Waals surface area contributed by atoms with Crippen molar-refractivity contribution in [3.05, 3.63) is 0 Å². The molecule has 0 bridgehead atoms. The van der Waals surface area contributed by atoms with Gasteiger partial charge in [-0.15, -0.1) is 0 Å². The smallest absolute Gasteiger partial charge is 0.332 e. The Labute approximate surface area is 107 Å². The maximum Gasteiger partial charge on any atom is 0.332 e. The molecular weight excluding hydrogens is 258 g/mol. The van der Waals surface area contributed by atoms with E-state index in [1.54, 1.807) is 0 Å². The highest BCUT2D eigenvalue weighted by molar-refractivity contribution is 7.92. The minimum atomic E-state index is -2.90. The second kappa shape index (κ2) is 5.54. The van der Waals surface area contributed by atoms with Crippen LogP contribution < -0.4 is 5.32 Å². The summed E-state index contributed by atoms with van der Waals surface area (Å²) in [6.07, 6.45) is 1.89. The van der Waals surface area contributed by atoms with Gasteiger partial charge in [0, 0.05) is 13.1 Å². The van der Waals surface area contributed by atoms with E-state index in [0.717, 1.165) is 12.8 Å². The van der Waals surface area contributed by atoms with E-state index in [1.165, 1.54) is 0 Å². The SMILES string of the molecule is O=C(O)C1CCC(CNCC2CCCS2(=O)=O)O1. The van der Waals surface area contributed by atoms with Crippen LogP contribution in [-0.2, 0) is 19.4 Å². The molecule has 2 N–H and O–H groups in total. The van der Waals surface area contributed by atoms with Crippen molar-refractivity contribution < 1.29 is 23.1 Å². The normalized spacial score (nSPS) is 34.8. The van der Waals surface area contributed by atoms with Crippen LogP contribution in [0.1, 0.15) is 25.7 Å². The van der Waals surface area contributed by atoms with Crippen molar-refractivity contribution >= 4 is 15.8 Å². The summed E-state index contributed by atoms with van der Waals surface area (Å²) in [6, 6.07) is 0. The van der Waals surface area contributed by atoms with Gasteiger partial charge in [0.1, 0.15) is 0 Å². The lowest BCUT2D eigenvalue weighted by atomic mass is 10.2. The van der Waals surface area contributed by atoms with Crippen molar-refractivity contribution in [2.24, 2.45) is 0 Å². The van der Waals surface area contributed by atoms with Crippen LogP contribution in [0.15, 0.2) is 0 Å². The van der Waals surface area contributed by atoms with Crippen molar-refractivity contribution in [3.63, 3.8) is 0 Å². The van der Waals surface area contributed by atoms with Crippen LogP contribution in [0, 0.1) is 0 Å². The third-order valence-corrected chi connectivity index (χ3v) is 5.87. The summed E-state index contributed by atoms with van der Waals surface area (Å²) in [5.41, 5.74) is 0.